The van der Waals surface area contributed by atoms with Crippen molar-refractivity contribution in [3.8, 4) is 17.1 Å². The fraction of sp³-hybridized carbons (Fsp3) is 0.385. The third-order valence-electron chi connectivity index (χ3n) is 3.07. The van der Waals surface area contributed by atoms with Gasteiger partial charge in [-0.1, -0.05) is 0 Å². The van der Waals surface area contributed by atoms with Gasteiger partial charge < -0.3 is 4.74 Å². The third-order valence-corrected chi connectivity index (χ3v) is 3.62. The van der Waals surface area contributed by atoms with Gasteiger partial charge in [-0.25, -0.2) is 4.98 Å². The first-order valence-corrected chi connectivity index (χ1v) is 8.66. The van der Waals surface area contributed by atoms with Crippen LogP contribution in [0.15, 0.2) is 18.5 Å². The summed E-state index contributed by atoms with van der Waals surface area (Å²) < 4.78 is 33.7. The molecule has 0 unspecified atom stereocenters. The molecule has 0 fully saturated rings. The number of aryl methyl sites for hydroxylation is 1. The summed E-state index contributed by atoms with van der Waals surface area (Å²) in [6, 6.07) is 2.71. The van der Waals surface area contributed by atoms with E-state index in [1.165, 1.54) is 25.6 Å². The Bertz CT molecular complexity index is 861. The lowest BCUT2D eigenvalue weighted by atomic mass is 10.1. The van der Waals surface area contributed by atoms with Gasteiger partial charge in [-0.2, -0.15) is 13.5 Å². The lowest BCUT2D eigenvalue weighted by Gasteiger charge is -2.09. The molecule has 1 heterocycles. The molecule has 0 saturated heterocycles. The number of nitrogens with zero attached hydrogens (tertiary/aromatic N) is 4. The van der Waals surface area contributed by atoms with Crippen LogP contribution in [0.3, 0.4) is 0 Å². The first-order chi connectivity index (χ1) is 11.2. The minimum Gasteiger partial charge on any atom is -0.490 e. The number of hydrogen-bond acceptors (Lipinski definition) is 8. The number of nitro groups is 1. The maximum absolute atomic E-state index is 11.3. The van der Waals surface area contributed by atoms with E-state index in [-0.39, 0.29) is 35.0 Å². The maximum atomic E-state index is 11.3. The van der Waals surface area contributed by atoms with Crippen LogP contribution >= 0.6 is 0 Å². The fourth-order valence-corrected chi connectivity index (χ4v) is 2.37. The minimum atomic E-state index is -3.68. The summed E-state index contributed by atoms with van der Waals surface area (Å²) in [4.78, 5) is 14.8. The largest absolute Gasteiger partial charge is 0.490 e. The van der Waals surface area contributed by atoms with Gasteiger partial charge in [-0.15, -0.1) is 0 Å². The highest BCUT2D eigenvalue weighted by molar-refractivity contribution is 7.85. The molecule has 1 aromatic carbocycles. The fourth-order valence-electron chi connectivity index (χ4n) is 2.02. The van der Waals surface area contributed by atoms with E-state index in [9.17, 15) is 18.5 Å². The predicted octanol–water partition coefficient (Wildman–Crippen LogP) is 1.36. The normalized spacial score (nSPS) is 11.5. The summed E-state index contributed by atoms with van der Waals surface area (Å²) in [6.07, 6.45) is 2.39. The van der Waals surface area contributed by atoms with Gasteiger partial charge in [-0.05, 0) is 18.6 Å². The number of benzene rings is 1. The number of nitro benzene ring substituents is 1. The molecule has 0 spiro atoms. The first-order valence-electron chi connectivity index (χ1n) is 6.84. The summed E-state index contributed by atoms with van der Waals surface area (Å²) in [5.41, 5.74) is 0.247. The molecule has 1 aromatic heterocycles. The molecule has 10 nitrogen and oxygen atoms in total. The van der Waals surface area contributed by atoms with Crippen molar-refractivity contribution in [3.63, 3.8) is 0 Å². The Balaban J connectivity index is 2.57. The van der Waals surface area contributed by atoms with Crippen molar-refractivity contribution in [1.29, 1.82) is 0 Å². The van der Waals surface area contributed by atoms with Crippen molar-refractivity contribution in [2.45, 2.75) is 20.1 Å². The zero-order chi connectivity index (χ0) is 17.9. The van der Waals surface area contributed by atoms with Crippen molar-refractivity contribution in [2.24, 2.45) is 0 Å². The van der Waals surface area contributed by atoms with Crippen LogP contribution in [0.5, 0.6) is 5.75 Å². The van der Waals surface area contributed by atoms with Gasteiger partial charge in [0.05, 0.1) is 30.5 Å². The average molecular weight is 356 g/mol. The van der Waals surface area contributed by atoms with Crippen molar-refractivity contribution >= 4 is 15.8 Å². The highest BCUT2D eigenvalue weighted by Crippen LogP contribution is 2.37. The van der Waals surface area contributed by atoms with Crippen LogP contribution in [0.1, 0.15) is 12.5 Å². The monoisotopic (exact) mass is 356 g/mol. The zero-order valence-corrected chi connectivity index (χ0v) is 14.1. The second kappa shape index (κ2) is 6.93. The van der Waals surface area contributed by atoms with Gasteiger partial charge in [0, 0.05) is 12.6 Å². The molecule has 0 aliphatic rings. The second-order valence-electron chi connectivity index (χ2n) is 4.84. The molecular formula is C13H16N4O6S. The van der Waals surface area contributed by atoms with E-state index in [0.717, 1.165) is 6.26 Å². The number of hydrogen-bond donors (Lipinski definition) is 0. The van der Waals surface area contributed by atoms with Crippen molar-refractivity contribution in [3.05, 3.63) is 34.1 Å². The smallest absolute Gasteiger partial charge is 0.312 e. The summed E-state index contributed by atoms with van der Waals surface area (Å²) in [5, 5.41) is 15.5. The van der Waals surface area contributed by atoms with E-state index in [1.54, 1.807) is 4.68 Å². The molecular weight excluding hydrogens is 340 g/mol. The SMILES string of the molecule is CCn1cnc(-c2cc(COS(C)(=O)=O)cc([N+](=O)[O-])c2OC)n1. The first kappa shape index (κ1) is 17.8. The van der Waals surface area contributed by atoms with Crippen LogP contribution < -0.4 is 4.74 Å². The predicted molar refractivity (Wildman–Crippen MR) is 84.0 cm³/mol. The number of ether oxygens (including phenoxy) is 1. The van der Waals surface area contributed by atoms with E-state index in [2.05, 4.69) is 10.1 Å². The van der Waals surface area contributed by atoms with Crippen LogP contribution in [0.25, 0.3) is 11.4 Å². The Labute approximate surface area is 138 Å². The zero-order valence-electron chi connectivity index (χ0n) is 13.3. The van der Waals surface area contributed by atoms with Crippen LogP contribution in [0.2, 0.25) is 0 Å². The van der Waals surface area contributed by atoms with Gasteiger partial charge in [0.1, 0.15) is 6.33 Å². The Morgan fingerprint density at radius 1 is 1.38 bits per heavy atom. The number of aromatic nitrogens is 3. The van der Waals surface area contributed by atoms with Gasteiger partial charge in [0.15, 0.2) is 5.82 Å². The maximum Gasteiger partial charge on any atom is 0.312 e. The average Bonchev–Trinajstić information content (AvgIpc) is 3.00. The number of rotatable bonds is 7. The summed E-state index contributed by atoms with van der Waals surface area (Å²) >= 11 is 0. The molecule has 2 aromatic rings. The summed E-state index contributed by atoms with van der Waals surface area (Å²) in [5.74, 6) is 0.231. The van der Waals surface area contributed by atoms with E-state index in [1.807, 2.05) is 6.92 Å². The van der Waals surface area contributed by atoms with Crippen molar-refractivity contribution in [1.82, 2.24) is 14.8 Å². The molecule has 24 heavy (non-hydrogen) atoms. The highest BCUT2D eigenvalue weighted by atomic mass is 32.2. The molecule has 0 atom stereocenters. The number of methoxy groups -OCH3 is 1. The molecule has 130 valence electrons. The van der Waals surface area contributed by atoms with E-state index in [0.29, 0.717) is 6.54 Å². The van der Waals surface area contributed by atoms with Crippen LogP contribution in [0, 0.1) is 10.1 Å². The van der Waals surface area contributed by atoms with Gasteiger partial charge in [-0.3, -0.25) is 19.0 Å². The summed E-state index contributed by atoms with van der Waals surface area (Å²) in [7, 11) is -2.38. The van der Waals surface area contributed by atoms with E-state index >= 15 is 0 Å². The second-order valence-corrected chi connectivity index (χ2v) is 6.49. The van der Waals surface area contributed by atoms with Crippen molar-refractivity contribution < 1.29 is 22.3 Å². The molecule has 0 N–H and O–H groups in total. The standard InChI is InChI=1S/C13H16N4O6S/c1-4-16-8-14-13(15-16)10-5-9(7-23-24(3,20)21)6-11(17(18)19)12(10)22-2/h5-6,8H,4,7H2,1-3H3. The quantitative estimate of drug-likeness (QED) is 0.413. The molecule has 0 bridgehead atoms. The third kappa shape index (κ3) is 4.06. The Morgan fingerprint density at radius 2 is 2.08 bits per heavy atom. The highest BCUT2D eigenvalue weighted by Gasteiger charge is 2.24. The van der Waals surface area contributed by atoms with Gasteiger partial charge in [0.2, 0.25) is 5.75 Å². The van der Waals surface area contributed by atoms with Crippen LogP contribution in [-0.2, 0) is 27.5 Å². The van der Waals surface area contributed by atoms with Crippen LogP contribution in [-0.4, -0.2) is 41.5 Å². The molecule has 11 heteroatoms. The molecule has 0 amide bonds. The lowest BCUT2D eigenvalue weighted by molar-refractivity contribution is -0.385. The van der Waals surface area contributed by atoms with Crippen LogP contribution in [0.4, 0.5) is 5.69 Å². The Hall–Kier alpha value is -2.53. The topological polar surface area (TPSA) is 126 Å². The Morgan fingerprint density at radius 3 is 2.58 bits per heavy atom. The minimum absolute atomic E-state index is 0.00282. The molecule has 0 aliphatic carbocycles. The molecule has 2 rings (SSSR count). The Kier molecular flexibility index (Phi) is 5.14. The van der Waals surface area contributed by atoms with E-state index in [4.69, 9.17) is 8.92 Å². The summed E-state index contributed by atoms with van der Waals surface area (Å²) in [6.45, 7) is 2.11. The van der Waals surface area contributed by atoms with Crippen molar-refractivity contribution in [2.75, 3.05) is 13.4 Å². The molecule has 0 aliphatic heterocycles. The van der Waals surface area contributed by atoms with Gasteiger partial charge >= 0.3 is 5.69 Å². The van der Waals surface area contributed by atoms with Gasteiger partial charge in [0.25, 0.3) is 10.1 Å². The molecule has 0 radical (unpaired) electrons. The van der Waals surface area contributed by atoms with E-state index < -0.39 is 15.0 Å². The molecule has 0 saturated carbocycles. The lowest BCUT2D eigenvalue weighted by Crippen LogP contribution is -2.05.